The number of nitrogens with two attached hydrogens (primary N) is 1. The highest BCUT2D eigenvalue weighted by atomic mass is 19.4. The van der Waals surface area contributed by atoms with Crippen LogP contribution in [0.15, 0.2) is 12.4 Å². The van der Waals surface area contributed by atoms with Gasteiger partial charge in [0.15, 0.2) is 0 Å². The standard InChI is InChI=1S/C12H14F5N3/c13-11(14)3-1-10(7-18,2-4-11)8-5-19-9(20-6-8)12(15,16)17/h5-6H,1-4,7,18H2. The largest absolute Gasteiger partial charge is 0.451 e. The van der Waals surface area contributed by atoms with E-state index in [0.717, 1.165) is 12.4 Å². The number of aromatic nitrogens is 2. The Morgan fingerprint density at radius 1 is 1.05 bits per heavy atom. The Labute approximate surface area is 112 Å². The van der Waals surface area contributed by atoms with Crippen molar-refractivity contribution in [2.24, 2.45) is 5.73 Å². The van der Waals surface area contributed by atoms with Gasteiger partial charge in [0.1, 0.15) is 0 Å². The average molecular weight is 295 g/mol. The highest BCUT2D eigenvalue weighted by molar-refractivity contribution is 5.22. The van der Waals surface area contributed by atoms with Gasteiger partial charge < -0.3 is 5.73 Å². The summed E-state index contributed by atoms with van der Waals surface area (Å²) in [5.41, 5.74) is 5.29. The molecule has 0 unspecified atom stereocenters. The first kappa shape index (κ1) is 15.1. The predicted molar refractivity (Wildman–Crippen MR) is 61.2 cm³/mol. The summed E-state index contributed by atoms with van der Waals surface area (Å²) < 4.78 is 63.6. The Kier molecular flexibility index (Phi) is 3.70. The lowest BCUT2D eigenvalue weighted by molar-refractivity contribution is -0.145. The van der Waals surface area contributed by atoms with Crippen LogP contribution < -0.4 is 5.73 Å². The molecule has 1 fully saturated rings. The molecule has 8 heteroatoms. The van der Waals surface area contributed by atoms with E-state index in [1.165, 1.54) is 0 Å². The molecule has 1 heterocycles. The molecule has 0 spiro atoms. The number of hydrogen-bond donors (Lipinski definition) is 1. The van der Waals surface area contributed by atoms with Gasteiger partial charge in [0.25, 0.3) is 0 Å². The number of nitrogens with zero attached hydrogens (tertiary/aromatic N) is 2. The van der Waals surface area contributed by atoms with Crippen molar-refractivity contribution in [3.63, 3.8) is 0 Å². The maximum Gasteiger partial charge on any atom is 0.451 e. The van der Waals surface area contributed by atoms with Gasteiger partial charge in [-0.15, -0.1) is 0 Å². The maximum atomic E-state index is 13.2. The van der Waals surface area contributed by atoms with Crippen LogP contribution in [0.1, 0.15) is 37.1 Å². The Morgan fingerprint density at radius 2 is 1.55 bits per heavy atom. The first-order valence-corrected chi connectivity index (χ1v) is 6.16. The van der Waals surface area contributed by atoms with Crippen LogP contribution in [0.2, 0.25) is 0 Å². The van der Waals surface area contributed by atoms with Gasteiger partial charge in [-0.3, -0.25) is 0 Å². The molecule has 0 aliphatic heterocycles. The molecule has 2 N–H and O–H groups in total. The Bertz CT molecular complexity index is 459. The van der Waals surface area contributed by atoms with Gasteiger partial charge in [-0.05, 0) is 18.4 Å². The van der Waals surface area contributed by atoms with Gasteiger partial charge in [0.05, 0.1) is 0 Å². The van der Waals surface area contributed by atoms with Crippen LogP contribution in [-0.2, 0) is 11.6 Å². The summed E-state index contributed by atoms with van der Waals surface area (Å²) in [6.45, 7) is 0.0812. The van der Waals surface area contributed by atoms with E-state index < -0.39 is 23.3 Å². The molecular formula is C12H14F5N3. The normalized spacial score (nSPS) is 21.7. The van der Waals surface area contributed by atoms with Crippen molar-refractivity contribution >= 4 is 0 Å². The fourth-order valence-electron chi connectivity index (χ4n) is 2.45. The second-order valence-electron chi connectivity index (χ2n) is 5.13. The molecule has 1 aromatic heterocycles. The first-order valence-electron chi connectivity index (χ1n) is 6.16. The van der Waals surface area contributed by atoms with E-state index in [9.17, 15) is 22.0 Å². The number of halogens is 5. The fourth-order valence-corrected chi connectivity index (χ4v) is 2.45. The van der Waals surface area contributed by atoms with E-state index in [2.05, 4.69) is 9.97 Å². The Hall–Kier alpha value is -1.31. The summed E-state index contributed by atoms with van der Waals surface area (Å²) in [6, 6.07) is 0. The van der Waals surface area contributed by atoms with Crippen LogP contribution in [0, 0.1) is 0 Å². The van der Waals surface area contributed by atoms with Crippen molar-refractivity contribution in [2.45, 2.75) is 43.2 Å². The molecule has 1 aromatic rings. The van der Waals surface area contributed by atoms with Crippen molar-refractivity contribution in [1.82, 2.24) is 9.97 Å². The molecule has 20 heavy (non-hydrogen) atoms. The zero-order valence-corrected chi connectivity index (χ0v) is 10.6. The first-order chi connectivity index (χ1) is 9.19. The summed E-state index contributed by atoms with van der Waals surface area (Å²) in [7, 11) is 0. The lowest BCUT2D eigenvalue weighted by Gasteiger charge is -2.39. The van der Waals surface area contributed by atoms with E-state index in [1.807, 2.05) is 0 Å². The van der Waals surface area contributed by atoms with Gasteiger partial charge in [0, 0.05) is 37.2 Å². The minimum absolute atomic E-state index is 0.0812. The molecule has 1 aliphatic rings. The minimum Gasteiger partial charge on any atom is -0.330 e. The van der Waals surface area contributed by atoms with Crippen molar-refractivity contribution < 1.29 is 22.0 Å². The molecule has 0 bridgehead atoms. The van der Waals surface area contributed by atoms with E-state index in [4.69, 9.17) is 5.73 Å². The predicted octanol–water partition coefficient (Wildman–Crippen LogP) is 2.90. The molecule has 1 saturated carbocycles. The second-order valence-corrected chi connectivity index (χ2v) is 5.13. The zero-order chi connectivity index (χ0) is 15.0. The second kappa shape index (κ2) is 4.91. The molecule has 112 valence electrons. The van der Waals surface area contributed by atoms with Crippen molar-refractivity contribution in [1.29, 1.82) is 0 Å². The molecule has 0 atom stereocenters. The quantitative estimate of drug-likeness (QED) is 0.854. The van der Waals surface area contributed by atoms with Crippen LogP contribution in [0.3, 0.4) is 0 Å². The molecule has 1 aliphatic carbocycles. The van der Waals surface area contributed by atoms with Gasteiger partial charge in [-0.2, -0.15) is 13.2 Å². The smallest absolute Gasteiger partial charge is 0.330 e. The van der Waals surface area contributed by atoms with Crippen LogP contribution in [-0.4, -0.2) is 22.4 Å². The maximum absolute atomic E-state index is 13.2. The van der Waals surface area contributed by atoms with Crippen molar-refractivity contribution in [3.8, 4) is 0 Å². The summed E-state index contributed by atoms with van der Waals surface area (Å²) in [4.78, 5) is 6.55. The highest BCUT2D eigenvalue weighted by Gasteiger charge is 2.44. The van der Waals surface area contributed by atoms with Gasteiger partial charge in [-0.1, -0.05) is 0 Å². The number of alkyl halides is 5. The minimum atomic E-state index is -4.62. The Morgan fingerprint density at radius 3 is 1.95 bits per heavy atom. The lowest BCUT2D eigenvalue weighted by Crippen LogP contribution is -2.42. The molecule has 0 amide bonds. The summed E-state index contributed by atoms with van der Waals surface area (Å²) in [6.07, 6.45) is -2.95. The van der Waals surface area contributed by atoms with Crippen molar-refractivity contribution in [3.05, 3.63) is 23.8 Å². The van der Waals surface area contributed by atoms with Crippen molar-refractivity contribution in [2.75, 3.05) is 6.54 Å². The third-order valence-corrected chi connectivity index (χ3v) is 3.85. The third-order valence-electron chi connectivity index (χ3n) is 3.85. The van der Waals surface area contributed by atoms with Crippen LogP contribution in [0.4, 0.5) is 22.0 Å². The highest BCUT2D eigenvalue weighted by Crippen LogP contribution is 2.44. The SMILES string of the molecule is NCC1(c2cnc(C(F)(F)F)nc2)CCC(F)(F)CC1. The van der Waals surface area contributed by atoms with Crippen LogP contribution in [0.5, 0.6) is 0 Å². The van der Waals surface area contributed by atoms with Gasteiger partial charge in [0.2, 0.25) is 11.7 Å². The molecule has 3 nitrogen and oxygen atoms in total. The lowest BCUT2D eigenvalue weighted by atomic mass is 9.69. The van der Waals surface area contributed by atoms with Crippen LogP contribution in [0.25, 0.3) is 0 Å². The van der Waals surface area contributed by atoms with E-state index in [0.29, 0.717) is 5.56 Å². The molecule has 0 aromatic carbocycles. The summed E-state index contributed by atoms with van der Waals surface area (Å²) >= 11 is 0. The molecule has 0 saturated heterocycles. The van der Waals surface area contributed by atoms with Crippen LogP contribution >= 0.6 is 0 Å². The molecule has 0 radical (unpaired) electrons. The van der Waals surface area contributed by atoms with E-state index in [1.54, 1.807) is 0 Å². The summed E-state index contributed by atoms with van der Waals surface area (Å²) in [5, 5.41) is 0. The molecule has 2 rings (SSSR count). The monoisotopic (exact) mass is 295 g/mol. The third kappa shape index (κ3) is 2.89. The fraction of sp³-hybridized carbons (Fsp3) is 0.667. The zero-order valence-electron chi connectivity index (χ0n) is 10.6. The van der Waals surface area contributed by atoms with E-state index >= 15 is 0 Å². The number of hydrogen-bond acceptors (Lipinski definition) is 3. The number of rotatable bonds is 2. The van der Waals surface area contributed by atoms with E-state index in [-0.39, 0.29) is 32.2 Å². The topological polar surface area (TPSA) is 51.8 Å². The average Bonchev–Trinajstić information content (AvgIpc) is 2.39. The van der Waals surface area contributed by atoms with Gasteiger partial charge >= 0.3 is 6.18 Å². The van der Waals surface area contributed by atoms with Gasteiger partial charge in [-0.25, -0.2) is 18.7 Å². The summed E-state index contributed by atoms with van der Waals surface area (Å²) in [5.74, 6) is -3.97. The Balaban J connectivity index is 2.25. The molecular weight excluding hydrogens is 281 g/mol.